The highest BCUT2D eigenvalue weighted by atomic mass is 16.5. The smallest absolute Gasteiger partial charge is 0.127 e. The largest absolute Gasteiger partial charge is 0.457 e. The molecule has 0 radical (unpaired) electrons. The number of anilines is 2. The van der Waals surface area contributed by atoms with E-state index in [4.69, 9.17) is 16.2 Å². The maximum atomic E-state index is 6.03. The summed E-state index contributed by atoms with van der Waals surface area (Å²) in [5, 5.41) is 0. The summed E-state index contributed by atoms with van der Waals surface area (Å²) in [5.41, 5.74) is 19.6. The number of ether oxygens (including phenoxy) is 1. The van der Waals surface area contributed by atoms with Gasteiger partial charge in [0.05, 0.1) is 45.8 Å². The minimum absolute atomic E-state index is 0.671. The molecule has 2 heterocycles. The van der Waals surface area contributed by atoms with Gasteiger partial charge in [0, 0.05) is 22.5 Å². The van der Waals surface area contributed by atoms with Gasteiger partial charge < -0.3 is 16.2 Å². The van der Waals surface area contributed by atoms with Crippen molar-refractivity contribution in [2.24, 2.45) is 0 Å². The molecule has 35 heavy (non-hydrogen) atoms. The molecule has 6 rings (SSSR count). The van der Waals surface area contributed by atoms with E-state index in [2.05, 4.69) is 19.9 Å². The summed E-state index contributed by atoms with van der Waals surface area (Å²) in [6, 6.07) is 26.6. The molecule has 0 aliphatic carbocycles. The SMILES string of the molecule is Nc1ccc2nc(-c3ccc(Oc4ccc(-c5cnc6cc(N)ccc6n5)cc4)cc3)cnc2c1. The Morgan fingerprint density at radius 1 is 0.486 bits per heavy atom. The van der Waals surface area contributed by atoms with Gasteiger partial charge in [-0.2, -0.15) is 0 Å². The molecule has 4 N–H and O–H groups in total. The van der Waals surface area contributed by atoms with Gasteiger partial charge in [0.1, 0.15) is 11.5 Å². The van der Waals surface area contributed by atoms with Crippen LogP contribution in [0.1, 0.15) is 0 Å². The van der Waals surface area contributed by atoms with Gasteiger partial charge in [0.25, 0.3) is 0 Å². The number of rotatable bonds is 4. The first-order valence-corrected chi connectivity index (χ1v) is 11.0. The first kappa shape index (κ1) is 20.6. The summed E-state index contributed by atoms with van der Waals surface area (Å²) in [4.78, 5) is 18.3. The van der Waals surface area contributed by atoms with Gasteiger partial charge in [-0.1, -0.05) is 0 Å². The predicted octanol–water partition coefficient (Wildman–Crippen LogP) is 5.86. The van der Waals surface area contributed by atoms with Crippen LogP contribution in [0.5, 0.6) is 11.5 Å². The number of nitrogens with zero attached hydrogens (tertiary/aromatic N) is 4. The Morgan fingerprint density at radius 3 is 1.34 bits per heavy atom. The maximum Gasteiger partial charge on any atom is 0.127 e. The zero-order chi connectivity index (χ0) is 23.8. The second-order valence-electron chi connectivity index (χ2n) is 8.16. The van der Waals surface area contributed by atoms with Crippen LogP contribution in [0.4, 0.5) is 11.4 Å². The Kier molecular flexibility index (Phi) is 4.93. The molecule has 2 aromatic heterocycles. The minimum Gasteiger partial charge on any atom is -0.457 e. The van der Waals surface area contributed by atoms with Crippen molar-refractivity contribution in [3.63, 3.8) is 0 Å². The Morgan fingerprint density at radius 2 is 0.914 bits per heavy atom. The van der Waals surface area contributed by atoms with Gasteiger partial charge >= 0.3 is 0 Å². The molecule has 0 unspecified atom stereocenters. The molecular formula is C28H20N6O. The van der Waals surface area contributed by atoms with Crippen LogP contribution in [0.2, 0.25) is 0 Å². The number of fused-ring (bicyclic) bond motifs is 2. The lowest BCUT2D eigenvalue weighted by molar-refractivity contribution is 0.483. The van der Waals surface area contributed by atoms with Crippen molar-refractivity contribution in [3.05, 3.63) is 97.3 Å². The van der Waals surface area contributed by atoms with Crippen molar-refractivity contribution < 1.29 is 4.74 Å². The monoisotopic (exact) mass is 456 g/mol. The highest BCUT2D eigenvalue weighted by Crippen LogP contribution is 2.28. The quantitative estimate of drug-likeness (QED) is 0.319. The molecule has 0 fully saturated rings. The number of hydrogen-bond donors (Lipinski definition) is 2. The Hall–Kier alpha value is -5.04. The van der Waals surface area contributed by atoms with Gasteiger partial charge in [-0.25, -0.2) is 9.97 Å². The summed E-state index contributed by atoms with van der Waals surface area (Å²) in [5.74, 6) is 1.46. The lowest BCUT2D eigenvalue weighted by atomic mass is 10.1. The maximum absolute atomic E-state index is 6.03. The molecule has 168 valence electrons. The highest BCUT2D eigenvalue weighted by Gasteiger charge is 2.07. The molecule has 0 saturated carbocycles. The van der Waals surface area contributed by atoms with Crippen LogP contribution < -0.4 is 16.2 Å². The minimum atomic E-state index is 0.671. The third-order valence-electron chi connectivity index (χ3n) is 5.67. The van der Waals surface area contributed by atoms with Crippen LogP contribution >= 0.6 is 0 Å². The zero-order valence-corrected chi connectivity index (χ0v) is 18.6. The summed E-state index contributed by atoms with van der Waals surface area (Å²) in [6.07, 6.45) is 3.50. The van der Waals surface area contributed by atoms with Crippen molar-refractivity contribution >= 4 is 33.4 Å². The van der Waals surface area contributed by atoms with Crippen LogP contribution in [0.15, 0.2) is 97.3 Å². The number of benzene rings is 4. The van der Waals surface area contributed by atoms with Crippen molar-refractivity contribution in [1.29, 1.82) is 0 Å². The molecule has 0 aliphatic heterocycles. The summed E-state index contributed by atoms with van der Waals surface area (Å²) < 4.78 is 6.03. The van der Waals surface area contributed by atoms with Gasteiger partial charge in [0.2, 0.25) is 0 Å². The van der Waals surface area contributed by atoms with Crippen molar-refractivity contribution in [2.75, 3.05) is 11.5 Å². The second-order valence-corrected chi connectivity index (χ2v) is 8.16. The fraction of sp³-hybridized carbons (Fsp3) is 0. The van der Waals surface area contributed by atoms with E-state index < -0.39 is 0 Å². The average Bonchev–Trinajstić information content (AvgIpc) is 2.89. The average molecular weight is 457 g/mol. The summed E-state index contributed by atoms with van der Waals surface area (Å²) >= 11 is 0. The van der Waals surface area contributed by atoms with Gasteiger partial charge in [-0.05, 0) is 84.9 Å². The third-order valence-corrected chi connectivity index (χ3v) is 5.67. The molecule has 0 amide bonds. The Balaban J connectivity index is 1.19. The second kappa shape index (κ2) is 8.39. The first-order chi connectivity index (χ1) is 17.1. The standard InChI is InChI=1S/C28H20N6O/c29-19-5-11-23-25(13-19)31-15-27(33-23)17-1-7-21(8-2-17)35-22-9-3-18(4-10-22)28-16-32-26-14-20(30)6-12-24(26)34-28/h1-16H,29-30H2. The molecule has 6 aromatic rings. The van der Waals surface area contributed by atoms with Crippen molar-refractivity contribution in [1.82, 2.24) is 19.9 Å². The van der Waals surface area contributed by atoms with E-state index in [0.717, 1.165) is 56.1 Å². The molecule has 4 aromatic carbocycles. The molecule has 7 heteroatoms. The number of nitrogens with two attached hydrogens (primary N) is 2. The lowest BCUT2D eigenvalue weighted by Crippen LogP contribution is -1.92. The predicted molar refractivity (Wildman–Crippen MR) is 139 cm³/mol. The first-order valence-electron chi connectivity index (χ1n) is 11.0. The fourth-order valence-corrected chi connectivity index (χ4v) is 3.86. The molecule has 0 aliphatic rings. The fourth-order valence-electron chi connectivity index (χ4n) is 3.86. The van der Waals surface area contributed by atoms with Crippen molar-refractivity contribution in [2.45, 2.75) is 0 Å². The zero-order valence-electron chi connectivity index (χ0n) is 18.6. The van der Waals surface area contributed by atoms with E-state index in [1.54, 1.807) is 12.4 Å². The van der Waals surface area contributed by atoms with E-state index in [1.165, 1.54) is 0 Å². The van der Waals surface area contributed by atoms with E-state index >= 15 is 0 Å². The van der Waals surface area contributed by atoms with Crippen LogP contribution in [0, 0.1) is 0 Å². The van der Waals surface area contributed by atoms with Crippen LogP contribution in [0.25, 0.3) is 44.6 Å². The normalized spacial score (nSPS) is 11.1. The third kappa shape index (κ3) is 4.18. The van der Waals surface area contributed by atoms with Gasteiger partial charge in [0.15, 0.2) is 0 Å². The van der Waals surface area contributed by atoms with Gasteiger partial charge in [-0.3, -0.25) is 9.97 Å². The van der Waals surface area contributed by atoms with E-state index in [-0.39, 0.29) is 0 Å². The van der Waals surface area contributed by atoms with E-state index in [1.807, 2.05) is 84.9 Å². The number of aromatic nitrogens is 4. The van der Waals surface area contributed by atoms with Crippen molar-refractivity contribution in [3.8, 4) is 34.0 Å². The van der Waals surface area contributed by atoms with E-state index in [0.29, 0.717) is 11.4 Å². The van der Waals surface area contributed by atoms with Crippen LogP contribution in [0.3, 0.4) is 0 Å². The van der Waals surface area contributed by atoms with Crippen LogP contribution in [-0.2, 0) is 0 Å². The molecule has 0 atom stereocenters. The molecule has 7 nitrogen and oxygen atoms in total. The summed E-state index contributed by atoms with van der Waals surface area (Å²) in [7, 11) is 0. The molecular weight excluding hydrogens is 436 g/mol. The number of nitrogen functional groups attached to an aromatic ring is 2. The Bertz CT molecular complexity index is 1550. The highest BCUT2D eigenvalue weighted by molar-refractivity contribution is 5.81. The topological polar surface area (TPSA) is 113 Å². The van der Waals surface area contributed by atoms with Gasteiger partial charge in [-0.15, -0.1) is 0 Å². The number of hydrogen-bond acceptors (Lipinski definition) is 7. The van der Waals surface area contributed by atoms with Crippen LogP contribution in [-0.4, -0.2) is 19.9 Å². The Labute approximate surface area is 201 Å². The van der Waals surface area contributed by atoms with E-state index in [9.17, 15) is 0 Å². The summed E-state index contributed by atoms with van der Waals surface area (Å²) in [6.45, 7) is 0. The lowest BCUT2D eigenvalue weighted by Gasteiger charge is -2.08. The molecule has 0 saturated heterocycles. The molecule has 0 bridgehead atoms. The molecule has 0 spiro atoms.